The quantitative estimate of drug-likeness (QED) is 0.808. The monoisotopic (exact) mass is 247 g/mol. The zero-order valence-electron chi connectivity index (χ0n) is 10.6. The van der Waals surface area contributed by atoms with Crippen molar-refractivity contribution in [1.29, 1.82) is 0 Å². The molecule has 18 heavy (non-hydrogen) atoms. The molecule has 0 aliphatic heterocycles. The lowest BCUT2D eigenvalue weighted by molar-refractivity contribution is -0.137. The number of para-hydroxylation sites is 1. The Morgan fingerprint density at radius 3 is 2.83 bits per heavy atom. The van der Waals surface area contributed by atoms with Gasteiger partial charge in [0.1, 0.15) is 17.9 Å². The minimum Gasteiger partial charge on any atom is -0.480 e. The van der Waals surface area contributed by atoms with E-state index in [1.165, 1.54) is 0 Å². The number of nitrogens with zero attached hydrogens (tertiary/aromatic N) is 2. The fraction of sp³-hybridized carbons (Fsp3) is 0.385. The van der Waals surface area contributed by atoms with Gasteiger partial charge in [-0.2, -0.15) is 0 Å². The molecule has 5 heteroatoms. The Morgan fingerprint density at radius 1 is 1.50 bits per heavy atom. The van der Waals surface area contributed by atoms with Crippen LogP contribution in [0.2, 0.25) is 0 Å². The lowest BCUT2D eigenvalue weighted by atomic mass is 10.1. The number of carboxylic acids is 1. The van der Waals surface area contributed by atoms with E-state index in [1.807, 2.05) is 12.1 Å². The van der Waals surface area contributed by atoms with Gasteiger partial charge in [0, 0.05) is 6.42 Å². The molecule has 5 nitrogen and oxygen atoms in total. The number of carboxylic acid groups (broad SMARTS) is 1. The summed E-state index contributed by atoms with van der Waals surface area (Å²) in [6.45, 7) is 4.07. The largest absolute Gasteiger partial charge is 0.480 e. The molecule has 0 unspecified atom stereocenters. The van der Waals surface area contributed by atoms with Crippen molar-refractivity contribution < 1.29 is 9.90 Å². The summed E-state index contributed by atoms with van der Waals surface area (Å²) in [6.07, 6.45) is 0.738. The van der Waals surface area contributed by atoms with E-state index >= 15 is 0 Å². The molecule has 0 spiro atoms. The van der Waals surface area contributed by atoms with Crippen molar-refractivity contribution in [3.05, 3.63) is 24.0 Å². The van der Waals surface area contributed by atoms with Crippen molar-refractivity contribution in [2.75, 3.05) is 5.73 Å². The first-order valence-electron chi connectivity index (χ1n) is 5.94. The number of fused-ring (bicyclic) bond motifs is 1. The fourth-order valence-electron chi connectivity index (χ4n) is 2.05. The van der Waals surface area contributed by atoms with Gasteiger partial charge < -0.3 is 15.4 Å². The summed E-state index contributed by atoms with van der Waals surface area (Å²) in [6, 6.07) is 5.45. The second kappa shape index (κ2) is 4.68. The van der Waals surface area contributed by atoms with Crippen LogP contribution < -0.4 is 5.73 Å². The summed E-state index contributed by atoms with van der Waals surface area (Å²) >= 11 is 0. The maximum absolute atomic E-state index is 11.0. The number of rotatable bonds is 4. The summed E-state index contributed by atoms with van der Waals surface area (Å²) in [5, 5.41) is 8.99. The smallest absolute Gasteiger partial charge is 0.323 e. The van der Waals surface area contributed by atoms with E-state index < -0.39 is 5.97 Å². The van der Waals surface area contributed by atoms with Crippen molar-refractivity contribution in [1.82, 2.24) is 9.55 Å². The van der Waals surface area contributed by atoms with Gasteiger partial charge in [-0.25, -0.2) is 4.98 Å². The predicted octanol–water partition coefficient (Wildman–Crippen LogP) is 1.90. The number of hydrogen-bond acceptors (Lipinski definition) is 3. The first kappa shape index (κ1) is 12.4. The maximum Gasteiger partial charge on any atom is 0.323 e. The third-order valence-electron chi connectivity index (χ3n) is 2.77. The Labute approximate surface area is 105 Å². The van der Waals surface area contributed by atoms with Crippen molar-refractivity contribution >= 4 is 22.7 Å². The maximum atomic E-state index is 11.0. The van der Waals surface area contributed by atoms with E-state index in [-0.39, 0.29) is 6.54 Å². The van der Waals surface area contributed by atoms with E-state index in [9.17, 15) is 4.79 Å². The van der Waals surface area contributed by atoms with Crippen LogP contribution >= 0.6 is 0 Å². The number of nitrogen functional groups attached to an aromatic ring is 1. The number of aliphatic carboxylic acids is 1. The number of benzene rings is 1. The Hall–Kier alpha value is -2.04. The van der Waals surface area contributed by atoms with Crippen molar-refractivity contribution in [2.45, 2.75) is 26.8 Å². The summed E-state index contributed by atoms with van der Waals surface area (Å²) in [5.74, 6) is 0.317. The molecular formula is C13H17N3O2. The Bertz CT molecular complexity index is 587. The van der Waals surface area contributed by atoms with Gasteiger partial charge in [0.05, 0.1) is 11.2 Å². The highest BCUT2D eigenvalue weighted by Gasteiger charge is 2.15. The number of aromatic nitrogens is 2. The topological polar surface area (TPSA) is 81.1 Å². The van der Waals surface area contributed by atoms with Crippen molar-refractivity contribution in [2.24, 2.45) is 5.92 Å². The molecular weight excluding hydrogens is 230 g/mol. The fourth-order valence-corrected chi connectivity index (χ4v) is 2.05. The van der Waals surface area contributed by atoms with E-state index in [4.69, 9.17) is 10.8 Å². The molecule has 1 aromatic carbocycles. The van der Waals surface area contributed by atoms with Crippen LogP contribution in [-0.4, -0.2) is 20.6 Å². The third kappa shape index (κ3) is 2.30. The zero-order valence-corrected chi connectivity index (χ0v) is 10.6. The molecule has 0 aliphatic carbocycles. The van der Waals surface area contributed by atoms with Gasteiger partial charge in [-0.3, -0.25) is 4.79 Å². The summed E-state index contributed by atoms with van der Waals surface area (Å²) in [5.41, 5.74) is 7.94. The highest BCUT2D eigenvalue weighted by molar-refractivity contribution is 5.88. The van der Waals surface area contributed by atoms with Crippen LogP contribution in [0.1, 0.15) is 19.7 Å². The predicted molar refractivity (Wildman–Crippen MR) is 70.3 cm³/mol. The average Bonchev–Trinajstić information content (AvgIpc) is 2.58. The van der Waals surface area contributed by atoms with E-state index in [0.29, 0.717) is 17.1 Å². The lowest BCUT2D eigenvalue weighted by Crippen LogP contribution is -2.13. The van der Waals surface area contributed by atoms with Gasteiger partial charge in [-0.15, -0.1) is 0 Å². The average molecular weight is 247 g/mol. The summed E-state index contributed by atoms with van der Waals surface area (Å²) in [7, 11) is 0. The van der Waals surface area contributed by atoms with Crippen LogP contribution in [0, 0.1) is 5.92 Å². The van der Waals surface area contributed by atoms with E-state index in [2.05, 4.69) is 18.8 Å². The Morgan fingerprint density at radius 2 is 2.22 bits per heavy atom. The van der Waals surface area contributed by atoms with Gasteiger partial charge in [-0.05, 0) is 18.1 Å². The van der Waals surface area contributed by atoms with E-state index in [0.717, 1.165) is 17.8 Å². The number of anilines is 1. The molecule has 1 heterocycles. The molecule has 0 aliphatic rings. The van der Waals surface area contributed by atoms with Crippen LogP contribution in [0.15, 0.2) is 18.2 Å². The lowest BCUT2D eigenvalue weighted by Gasteiger charge is -2.08. The van der Waals surface area contributed by atoms with Gasteiger partial charge in [0.2, 0.25) is 0 Å². The molecule has 0 amide bonds. The molecule has 0 radical (unpaired) electrons. The highest BCUT2D eigenvalue weighted by Crippen LogP contribution is 2.23. The number of imidazole rings is 1. The normalized spacial score (nSPS) is 11.3. The Balaban J connectivity index is 2.60. The minimum atomic E-state index is -0.873. The SMILES string of the molecule is CC(C)Cc1nc2c(N)cccc2n1CC(=O)O. The second-order valence-corrected chi connectivity index (χ2v) is 4.82. The molecule has 0 saturated carbocycles. The second-order valence-electron chi connectivity index (χ2n) is 4.82. The Kier molecular flexibility index (Phi) is 3.23. The van der Waals surface area contributed by atoms with Crippen LogP contribution in [0.3, 0.4) is 0 Å². The van der Waals surface area contributed by atoms with Crippen LogP contribution in [0.4, 0.5) is 5.69 Å². The zero-order chi connectivity index (χ0) is 13.3. The molecule has 0 fully saturated rings. The van der Waals surface area contributed by atoms with Crippen LogP contribution in [0.5, 0.6) is 0 Å². The van der Waals surface area contributed by atoms with Gasteiger partial charge in [0.25, 0.3) is 0 Å². The van der Waals surface area contributed by atoms with Gasteiger partial charge >= 0.3 is 5.97 Å². The minimum absolute atomic E-state index is 0.0813. The third-order valence-corrected chi connectivity index (χ3v) is 2.77. The molecule has 1 aromatic heterocycles. The molecule has 96 valence electrons. The first-order chi connectivity index (χ1) is 8.49. The molecule has 0 saturated heterocycles. The summed E-state index contributed by atoms with van der Waals surface area (Å²) < 4.78 is 1.73. The molecule has 3 N–H and O–H groups in total. The van der Waals surface area contributed by atoms with Crippen molar-refractivity contribution in [3.8, 4) is 0 Å². The van der Waals surface area contributed by atoms with Crippen LogP contribution in [-0.2, 0) is 17.8 Å². The molecule has 2 aromatic rings. The van der Waals surface area contributed by atoms with Gasteiger partial charge in [-0.1, -0.05) is 19.9 Å². The van der Waals surface area contributed by atoms with Gasteiger partial charge in [0.15, 0.2) is 0 Å². The standard InChI is InChI=1S/C13H17N3O2/c1-8(2)6-11-15-13-9(14)4-3-5-10(13)16(11)7-12(17)18/h3-5,8H,6-7,14H2,1-2H3,(H,17,18). The number of nitrogens with two attached hydrogens (primary N) is 1. The van der Waals surface area contributed by atoms with Crippen LogP contribution in [0.25, 0.3) is 11.0 Å². The highest BCUT2D eigenvalue weighted by atomic mass is 16.4. The number of carbonyl (C=O) groups is 1. The van der Waals surface area contributed by atoms with Crippen molar-refractivity contribution in [3.63, 3.8) is 0 Å². The molecule has 0 bridgehead atoms. The summed E-state index contributed by atoms with van der Waals surface area (Å²) in [4.78, 5) is 15.4. The van der Waals surface area contributed by atoms with E-state index in [1.54, 1.807) is 10.6 Å². The number of hydrogen-bond donors (Lipinski definition) is 2. The first-order valence-corrected chi connectivity index (χ1v) is 5.94. The molecule has 0 atom stereocenters. The molecule has 2 rings (SSSR count).